The molecule has 1 fully saturated rings. The Morgan fingerprint density at radius 1 is 1.10 bits per heavy atom. The van der Waals surface area contributed by atoms with Crippen LogP contribution in [0.15, 0.2) is 53.8 Å². The zero-order chi connectivity index (χ0) is 21.1. The summed E-state index contributed by atoms with van der Waals surface area (Å²) in [5.41, 5.74) is 0.246. The Hall–Kier alpha value is -3.30. The van der Waals surface area contributed by atoms with Crippen molar-refractivity contribution in [2.24, 2.45) is 5.92 Å². The Kier molecular flexibility index (Phi) is 5.47. The van der Waals surface area contributed by atoms with Crippen molar-refractivity contribution in [2.75, 3.05) is 18.0 Å². The number of alkyl halides is 3. The first kappa shape index (κ1) is 20.0. The van der Waals surface area contributed by atoms with Crippen molar-refractivity contribution in [1.82, 2.24) is 24.7 Å². The molecule has 156 valence electrons. The highest BCUT2D eigenvalue weighted by Gasteiger charge is 2.33. The normalized spacial score (nSPS) is 15.4. The average Bonchev–Trinajstić information content (AvgIpc) is 2.76. The van der Waals surface area contributed by atoms with Crippen LogP contribution in [0.1, 0.15) is 18.5 Å². The SMILES string of the molecule is O=c1cc(-c2cccnc2)ncn1CC1CCN(c2ccc(C(F)(F)F)nn2)CC1. The van der Waals surface area contributed by atoms with Crippen LogP contribution in [0.3, 0.4) is 0 Å². The van der Waals surface area contributed by atoms with Gasteiger partial charge < -0.3 is 4.90 Å². The number of aromatic nitrogens is 5. The van der Waals surface area contributed by atoms with Gasteiger partial charge in [0.25, 0.3) is 5.56 Å². The molecular weight excluding hydrogens is 397 g/mol. The van der Waals surface area contributed by atoms with Crippen molar-refractivity contribution >= 4 is 5.82 Å². The molecule has 30 heavy (non-hydrogen) atoms. The van der Waals surface area contributed by atoms with Gasteiger partial charge in [-0.15, -0.1) is 10.2 Å². The van der Waals surface area contributed by atoms with Gasteiger partial charge in [-0.05, 0) is 43.0 Å². The van der Waals surface area contributed by atoms with E-state index in [0.717, 1.165) is 24.5 Å². The lowest BCUT2D eigenvalue weighted by Gasteiger charge is -2.32. The summed E-state index contributed by atoms with van der Waals surface area (Å²) >= 11 is 0. The molecule has 4 rings (SSSR count). The van der Waals surface area contributed by atoms with Crippen molar-refractivity contribution in [3.63, 3.8) is 0 Å². The Morgan fingerprint density at radius 2 is 1.90 bits per heavy atom. The topological polar surface area (TPSA) is 76.8 Å². The molecule has 3 aromatic rings. The molecule has 1 aliphatic heterocycles. The molecule has 1 saturated heterocycles. The van der Waals surface area contributed by atoms with Gasteiger partial charge >= 0.3 is 6.18 Å². The maximum absolute atomic E-state index is 12.6. The molecule has 0 N–H and O–H groups in total. The second-order valence-electron chi connectivity index (χ2n) is 7.21. The summed E-state index contributed by atoms with van der Waals surface area (Å²) in [7, 11) is 0. The zero-order valence-electron chi connectivity index (χ0n) is 16.0. The summed E-state index contributed by atoms with van der Waals surface area (Å²) < 4.78 is 39.5. The molecule has 0 bridgehead atoms. The van der Waals surface area contributed by atoms with E-state index in [1.165, 1.54) is 12.1 Å². The highest BCUT2D eigenvalue weighted by atomic mass is 19.4. The van der Waals surface area contributed by atoms with Gasteiger partial charge in [0.05, 0.1) is 12.0 Å². The molecule has 0 aliphatic carbocycles. The molecule has 0 saturated carbocycles. The van der Waals surface area contributed by atoms with Crippen molar-refractivity contribution in [1.29, 1.82) is 0 Å². The summed E-state index contributed by atoms with van der Waals surface area (Å²) in [4.78, 5) is 22.8. The molecular formula is C20H19F3N6O. The van der Waals surface area contributed by atoms with Crippen molar-refractivity contribution in [3.05, 3.63) is 65.1 Å². The Bertz CT molecular complexity index is 1040. The van der Waals surface area contributed by atoms with E-state index in [0.29, 0.717) is 31.1 Å². The highest BCUT2D eigenvalue weighted by Crippen LogP contribution is 2.28. The van der Waals surface area contributed by atoms with Gasteiger partial charge in [-0.25, -0.2) is 4.98 Å². The van der Waals surface area contributed by atoms with Crippen molar-refractivity contribution < 1.29 is 13.2 Å². The molecule has 0 amide bonds. The van der Waals surface area contributed by atoms with Gasteiger partial charge in [0, 0.05) is 43.7 Å². The first-order valence-corrected chi connectivity index (χ1v) is 9.53. The zero-order valence-corrected chi connectivity index (χ0v) is 16.0. The van der Waals surface area contributed by atoms with Crippen LogP contribution in [0.4, 0.5) is 19.0 Å². The van der Waals surface area contributed by atoms with Crippen LogP contribution in [0.2, 0.25) is 0 Å². The molecule has 1 aliphatic rings. The van der Waals surface area contributed by atoms with E-state index in [2.05, 4.69) is 20.2 Å². The monoisotopic (exact) mass is 416 g/mol. The second-order valence-corrected chi connectivity index (χ2v) is 7.21. The number of halogens is 3. The lowest BCUT2D eigenvalue weighted by atomic mass is 9.96. The van der Waals surface area contributed by atoms with Crippen LogP contribution in [-0.2, 0) is 12.7 Å². The molecule has 0 atom stereocenters. The Labute approximate surface area is 170 Å². The van der Waals surface area contributed by atoms with Gasteiger partial charge in [0.2, 0.25) is 0 Å². The third-order valence-corrected chi connectivity index (χ3v) is 5.17. The number of nitrogens with zero attached hydrogens (tertiary/aromatic N) is 6. The van der Waals surface area contributed by atoms with Crippen LogP contribution in [0.25, 0.3) is 11.3 Å². The molecule has 0 aromatic carbocycles. The fourth-order valence-corrected chi connectivity index (χ4v) is 3.50. The van der Waals surface area contributed by atoms with Crippen LogP contribution < -0.4 is 10.5 Å². The maximum atomic E-state index is 12.6. The van der Waals surface area contributed by atoms with E-state index in [1.807, 2.05) is 11.0 Å². The minimum atomic E-state index is -4.49. The fraction of sp³-hybridized carbons (Fsp3) is 0.350. The lowest BCUT2D eigenvalue weighted by molar-refractivity contribution is -0.141. The molecule has 0 spiro atoms. The molecule has 7 nitrogen and oxygen atoms in total. The van der Waals surface area contributed by atoms with Gasteiger partial charge in [-0.3, -0.25) is 14.3 Å². The van der Waals surface area contributed by atoms with E-state index in [-0.39, 0.29) is 11.5 Å². The minimum absolute atomic E-state index is 0.125. The van der Waals surface area contributed by atoms with E-state index in [4.69, 9.17) is 0 Å². The molecule has 0 radical (unpaired) electrons. The van der Waals surface area contributed by atoms with Gasteiger partial charge in [-0.1, -0.05) is 0 Å². The van der Waals surface area contributed by atoms with Crippen LogP contribution >= 0.6 is 0 Å². The third-order valence-electron chi connectivity index (χ3n) is 5.17. The first-order valence-electron chi connectivity index (χ1n) is 9.53. The number of anilines is 1. The largest absolute Gasteiger partial charge is 0.435 e. The van der Waals surface area contributed by atoms with Crippen molar-refractivity contribution in [2.45, 2.75) is 25.6 Å². The number of rotatable bonds is 4. The summed E-state index contributed by atoms with van der Waals surface area (Å²) in [6.07, 6.45) is 1.96. The molecule has 3 aromatic heterocycles. The molecule has 0 unspecified atom stereocenters. The molecule has 10 heteroatoms. The number of piperidine rings is 1. The summed E-state index contributed by atoms with van der Waals surface area (Å²) in [6.45, 7) is 1.83. The summed E-state index contributed by atoms with van der Waals surface area (Å²) in [5, 5.41) is 7.00. The number of pyridine rings is 1. The highest BCUT2D eigenvalue weighted by molar-refractivity contribution is 5.56. The van der Waals surface area contributed by atoms with E-state index < -0.39 is 11.9 Å². The maximum Gasteiger partial charge on any atom is 0.435 e. The van der Waals surface area contributed by atoms with Crippen molar-refractivity contribution in [3.8, 4) is 11.3 Å². The number of hydrogen-bond acceptors (Lipinski definition) is 6. The van der Waals surface area contributed by atoms with E-state index in [9.17, 15) is 18.0 Å². The van der Waals surface area contributed by atoms with Crippen LogP contribution in [0.5, 0.6) is 0 Å². The fourth-order valence-electron chi connectivity index (χ4n) is 3.50. The predicted octanol–water partition coefficient (Wildman–Crippen LogP) is 3.03. The van der Waals surface area contributed by atoms with Crippen LogP contribution in [0, 0.1) is 5.92 Å². The first-order chi connectivity index (χ1) is 14.4. The smallest absolute Gasteiger partial charge is 0.355 e. The van der Waals surface area contributed by atoms with Gasteiger partial charge in [0.1, 0.15) is 0 Å². The second kappa shape index (κ2) is 8.21. The Balaban J connectivity index is 1.36. The summed E-state index contributed by atoms with van der Waals surface area (Å²) in [6, 6.07) is 7.44. The predicted molar refractivity (Wildman–Crippen MR) is 104 cm³/mol. The lowest BCUT2D eigenvalue weighted by Crippen LogP contribution is -2.37. The van der Waals surface area contributed by atoms with E-state index >= 15 is 0 Å². The van der Waals surface area contributed by atoms with Crippen LogP contribution in [-0.4, -0.2) is 37.8 Å². The molecule has 4 heterocycles. The summed E-state index contributed by atoms with van der Waals surface area (Å²) in [5.74, 6) is 0.702. The standard InChI is InChI=1S/C20H19F3N6O/c21-20(22,23)17-3-4-18(27-26-17)28-8-5-14(6-9-28)12-29-13-25-16(10-19(29)30)15-2-1-7-24-11-15/h1-4,7,10-11,13-14H,5-6,8-9,12H2. The van der Waals surface area contributed by atoms with Gasteiger partial charge in [0.15, 0.2) is 11.5 Å². The quantitative estimate of drug-likeness (QED) is 0.651. The number of hydrogen-bond donors (Lipinski definition) is 0. The van der Waals surface area contributed by atoms with Gasteiger partial charge in [-0.2, -0.15) is 13.2 Å². The average molecular weight is 416 g/mol. The minimum Gasteiger partial charge on any atom is -0.355 e. The van der Waals surface area contributed by atoms with E-state index in [1.54, 1.807) is 29.4 Å². The third kappa shape index (κ3) is 4.47. The Morgan fingerprint density at radius 3 is 2.50 bits per heavy atom.